The number of hydrogen-bond acceptors (Lipinski definition) is 5. The predicted octanol–water partition coefficient (Wildman–Crippen LogP) is 2.29. The van der Waals surface area contributed by atoms with Crippen molar-refractivity contribution in [2.75, 3.05) is 44.2 Å². The van der Waals surface area contributed by atoms with Crippen LogP contribution < -0.4 is 10.2 Å². The number of nitrogens with one attached hydrogen (secondary N) is 1. The highest BCUT2D eigenvalue weighted by atomic mass is 32.1. The van der Waals surface area contributed by atoms with E-state index in [1.54, 1.807) is 11.3 Å². The predicted molar refractivity (Wildman–Crippen MR) is 87.7 cm³/mol. The van der Waals surface area contributed by atoms with Crippen molar-refractivity contribution in [3.63, 3.8) is 0 Å². The van der Waals surface area contributed by atoms with Gasteiger partial charge in [-0.15, -0.1) is 11.3 Å². The van der Waals surface area contributed by atoms with Crippen LogP contribution in [0.15, 0.2) is 11.6 Å². The Hall–Kier alpha value is -0.650. The number of piperazine rings is 1. The maximum atomic E-state index is 4.40. The van der Waals surface area contributed by atoms with E-state index in [-0.39, 0.29) is 5.54 Å². The fraction of sp³-hybridized carbons (Fsp3) is 0.800. The van der Waals surface area contributed by atoms with Gasteiger partial charge < -0.3 is 10.2 Å². The number of anilines is 1. The van der Waals surface area contributed by atoms with Crippen LogP contribution in [-0.2, 0) is 0 Å². The minimum Gasteiger partial charge on any atom is -0.346 e. The molecular formula is C15H28N4S. The lowest BCUT2D eigenvalue weighted by Gasteiger charge is -2.36. The average Bonchev–Trinajstić information content (AvgIpc) is 2.90. The quantitative estimate of drug-likeness (QED) is 0.903. The Morgan fingerprint density at radius 3 is 2.55 bits per heavy atom. The van der Waals surface area contributed by atoms with Crippen molar-refractivity contribution in [1.82, 2.24) is 15.2 Å². The van der Waals surface area contributed by atoms with Crippen molar-refractivity contribution in [3.8, 4) is 0 Å². The third-order valence-corrected chi connectivity index (χ3v) is 4.45. The molecule has 0 aromatic carbocycles. The second kappa shape index (κ2) is 6.87. The van der Waals surface area contributed by atoms with Crippen LogP contribution in [0.5, 0.6) is 0 Å². The van der Waals surface area contributed by atoms with E-state index >= 15 is 0 Å². The summed E-state index contributed by atoms with van der Waals surface area (Å²) in [6.45, 7) is 15.8. The molecular weight excluding hydrogens is 268 g/mol. The first kappa shape index (κ1) is 15.7. The lowest BCUT2D eigenvalue weighted by atomic mass is 10.1. The lowest BCUT2D eigenvalue weighted by molar-refractivity contribution is 0.216. The van der Waals surface area contributed by atoms with E-state index in [0.29, 0.717) is 5.92 Å². The molecule has 1 aliphatic heterocycles. The average molecular weight is 296 g/mol. The van der Waals surface area contributed by atoms with Gasteiger partial charge in [0.05, 0.1) is 0 Å². The molecule has 2 heterocycles. The summed E-state index contributed by atoms with van der Waals surface area (Å²) in [6.07, 6.45) is 1.90. The molecule has 4 nitrogen and oxygen atoms in total. The smallest absolute Gasteiger partial charge is 0.185 e. The Morgan fingerprint density at radius 2 is 2.00 bits per heavy atom. The molecule has 0 aliphatic carbocycles. The highest BCUT2D eigenvalue weighted by molar-refractivity contribution is 7.13. The number of nitrogens with zero attached hydrogens (tertiary/aromatic N) is 3. The van der Waals surface area contributed by atoms with Crippen molar-refractivity contribution in [3.05, 3.63) is 11.6 Å². The molecule has 1 atom stereocenters. The Morgan fingerprint density at radius 1 is 1.30 bits per heavy atom. The maximum absolute atomic E-state index is 4.40. The van der Waals surface area contributed by atoms with E-state index in [1.165, 1.54) is 11.7 Å². The topological polar surface area (TPSA) is 31.4 Å². The molecule has 5 heteroatoms. The standard InChI is InChI=1S/C15H28N4S/c1-13(11-17-15(2,3)4)12-18-6-8-19(9-7-18)14-16-5-10-20-14/h5,10,13,17H,6-9,11-12H2,1-4H3. The van der Waals surface area contributed by atoms with Crippen molar-refractivity contribution in [2.24, 2.45) is 5.92 Å². The summed E-state index contributed by atoms with van der Waals surface area (Å²) >= 11 is 1.74. The summed E-state index contributed by atoms with van der Waals surface area (Å²) in [6, 6.07) is 0. The minimum absolute atomic E-state index is 0.220. The van der Waals surface area contributed by atoms with Crippen LogP contribution in [0.4, 0.5) is 5.13 Å². The largest absolute Gasteiger partial charge is 0.346 e. The first-order valence-electron chi connectivity index (χ1n) is 7.56. The second-order valence-corrected chi connectivity index (χ2v) is 7.71. The van der Waals surface area contributed by atoms with E-state index in [4.69, 9.17) is 0 Å². The highest BCUT2D eigenvalue weighted by Gasteiger charge is 2.20. The van der Waals surface area contributed by atoms with Gasteiger partial charge in [0.1, 0.15) is 0 Å². The minimum atomic E-state index is 0.220. The van der Waals surface area contributed by atoms with Crippen molar-refractivity contribution >= 4 is 16.5 Å². The summed E-state index contributed by atoms with van der Waals surface area (Å²) in [5, 5.41) is 6.83. The molecule has 114 valence electrons. The van der Waals surface area contributed by atoms with Gasteiger partial charge in [0.15, 0.2) is 5.13 Å². The Labute approximate surface area is 127 Å². The Balaban J connectivity index is 1.69. The van der Waals surface area contributed by atoms with Crippen molar-refractivity contribution in [1.29, 1.82) is 0 Å². The van der Waals surface area contributed by atoms with Gasteiger partial charge in [0.2, 0.25) is 0 Å². The van der Waals surface area contributed by atoms with Crippen LogP contribution in [0.1, 0.15) is 27.7 Å². The van der Waals surface area contributed by atoms with Gasteiger partial charge in [-0.2, -0.15) is 0 Å². The van der Waals surface area contributed by atoms with Crippen LogP contribution >= 0.6 is 11.3 Å². The van der Waals surface area contributed by atoms with E-state index in [1.807, 2.05) is 6.20 Å². The molecule has 1 N–H and O–H groups in total. The highest BCUT2D eigenvalue weighted by Crippen LogP contribution is 2.19. The fourth-order valence-corrected chi connectivity index (χ4v) is 3.18. The number of thiazole rings is 1. The van der Waals surface area contributed by atoms with Crippen LogP contribution in [-0.4, -0.2) is 54.7 Å². The molecule has 20 heavy (non-hydrogen) atoms. The molecule has 1 aromatic rings. The third-order valence-electron chi connectivity index (χ3n) is 3.61. The second-order valence-electron chi connectivity index (χ2n) is 6.84. The normalized spacial score (nSPS) is 19.3. The summed E-state index contributed by atoms with van der Waals surface area (Å²) < 4.78 is 0. The summed E-state index contributed by atoms with van der Waals surface area (Å²) in [7, 11) is 0. The molecule has 0 spiro atoms. The van der Waals surface area contributed by atoms with Gasteiger partial charge in [0.25, 0.3) is 0 Å². The summed E-state index contributed by atoms with van der Waals surface area (Å²) in [4.78, 5) is 9.38. The van der Waals surface area contributed by atoms with Gasteiger partial charge in [0, 0.05) is 49.8 Å². The Bertz CT molecular complexity index is 377. The molecule has 1 aliphatic rings. The molecule has 2 rings (SSSR count). The number of hydrogen-bond donors (Lipinski definition) is 1. The first-order valence-corrected chi connectivity index (χ1v) is 8.44. The molecule has 0 amide bonds. The number of rotatable bonds is 5. The van der Waals surface area contributed by atoms with Gasteiger partial charge in [-0.25, -0.2) is 4.98 Å². The van der Waals surface area contributed by atoms with E-state index in [9.17, 15) is 0 Å². The van der Waals surface area contributed by atoms with Gasteiger partial charge in [-0.05, 0) is 33.2 Å². The van der Waals surface area contributed by atoms with Crippen molar-refractivity contribution in [2.45, 2.75) is 33.2 Å². The van der Waals surface area contributed by atoms with Gasteiger partial charge in [-0.1, -0.05) is 6.92 Å². The SMILES string of the molecule is CC(CNC(C)(C)C)CN1CCN(c2nccs2)CC1. The fourth-order valence-electron chi connectivity index (χ4n) is 2.48. The molecule has 1 aromatic heterocycles. The molecule has 1 unspecified atom stereocenters. The molecule has 1 saturated heterocycles. The third kappa shape index (κ3) is 5.04. The zero-order valence-electron chi connectivity index (χ0n) is 13.2. The Kier molecular flexibility index (Phi) is 5.41. The van der Waals surface area contributed by atoms with E-state index in [0.717, 1.165) is 32.7 Å². The van der Waals surface area contributed by atoms with Crippen molar-refractivity contribution < 1.29 is 0 Å². The van der Waals surface area contributed by atoms with Gasteiger partial charge >= 0.3 is 0 Å². The van der Waals surface area contributed by atoms with E-state index in [2.05, 4.69) is 53.2 Å². The summed E-state index contributed by atoms with van der Waals surface area (Å²) in [5.41, 5.74) is 0.220. The van der Waals surface area contributed by atoms with Crippen LogP contribution in [0.2, 0.25) is 0 Å². The molecule has 1 fully saturated rings. The van der Waals surface area contributed by atoms with E-state index < -0.39 is 0 Å². The van der Waals surface area contributed by atoms with Crippen LogP contribution in [0, 0.1) is 5.92 Å². The zero-order chi connectivity index (χ0) is 14.6. The van der Waals surface area contributed by atoms with Gasteiger partial charge in [-0.3, -0.25) is 4.90 Å². The molecule has 0 saturated carbocycles. The zero-order valence-corrected chi connectivity index (χ0v) is 14.0. The lowest BCUT2D eigenvalue weighted by Crippen LogP contribution is -2.49. The number of aromatic nitrogens is 1. The van der Waals surface area contributed by atoms with Crippen LogP contribution in [0.25, 0.3) is 0 Å². The molecule has 0 bridgehead atoms. The first-order chi connectivity index (χ1) is 9.44. The van der Waals surface area contributed by atoms with Crippen LogP contribution in [0.3, 0.4) is 0 Å². The maximum Gasteiger partial charge on any atom is 0.185 e. The monoisotopic (exact) mass is 296 g/mol. The summed E-state index contributed by atoms with van der Waals surface area (Å²) in [5.74, 6) is 0.695. The molecule has 0 radical (unpaired) electrons.